The number of fused-ring (bicyclic) bond motifs is 3. The molecule has 6 nitrogen and oxygen atoms in total. The summed E-state index contributed by atoms with van der Waals surface area (Å²) >= 11 is 0. The molecule has 0 spiro atoms. The maximum Gasteiger partial charge on any atom is 0.338 e. The van der Waals surface area contributed by atoms with Gasteiger partial charge in [-0.15, -0.1) is 0 Å². The lowest BCUT2D eigenvalue weighted by molar-refractivity contribution is -0.138. The molecule has 1 aliphatic rings. The fraction of sp³-hybridized carbons (Fsp3) is 0.143. The molecule has 6 heteroatoms. The molecule has 34 heavy (non-hydrogen) atoms. The predicted molar refractivity (Wildman–Crippen MR) is 133 cm³/mol. The number of aromatic nitrogens is 2. The maximum atomic E-state index is 13.1. The summed E-state index contributed by atoms with van der Waals surface area (Å²) in [5.41, 5.74) is 5.07. The number of para-hydroxylation sites is 2. The first kappa shape index (κ1) is 21.5. The van der Waals surface area contributed by atoms with Gasteiger partial charge in [-0.25, -0.2) is 9.78 Å². The Morgan fingerprint density at radius 3 is 2.56 bits per heavy atom. The van der Waals surface area contributed by atoms with Crippen molar-refractivity contribution in [2.75, 3.05) is 11.9 Å². The number of rotatable bonds is 7. The Kier molecular flexibility index (Phi) is 5.87. The van der Waals surface area contributed by atoms with Gasteiger partial charge in [-0.2, -0.15) is 0 Å². The normalized spacial score (nSPS) is 14.9. The number of imidazole rings is 1. The summed E-state index contributed by atoms with van der Waals surface area (Å²) in [6.07, 6.45) is 1.57. The van der Waals surface area contributed by atoms with E-state index in [2.05, 4.69) is 11.9 Å². The molecule has 0 aliphatic carbocycles. The molecule has 0 radical (unpaired) electrons. The Hall–Kier alpha value is -4.32. The van der Waals surface area contributed by atoms with Crippen molar-refractivity contribution in [2.45, 2.75) is 19.6 Å². The molecule has 5 rings (SSSR count). The Bertz CT molecular complexity index is 1370. The van der Waals surface area contributed by atoms with Crippen LogP contribution in [0.1, 0.15) is 24.1 Å². The summed E-state index contributed by atoms with van der Waals surface area (Å²) in [6, 6.07) is 25.4. The number of allylic oxidation sites excluding steroid dienone is 1. The highest BCUT2D eigenvalue weighted by Gasteiger charge is 2.34. The van der Waals surface area contributed by atoms with Crippen LogP contribution in [0.2, 0.25) is 0 Å². The van der Waals surface area contributed by atoms with E-state index in [1.807, 2.05) is 90.4 Å². The number of nitrogens with one attached hydrogen (secondary N) is 1. The largest absolute Gasteiger partial charge is 0.489 e. The van der Waals surface area contributed by atoms with Crippen LogP contribution in [0, 0.1) is 0 Å². The van der Waals surface area contributed by atoms with Crippen molar-refractivity contribution in [1.82, 2.24) is 9.55 Å². The molecule has 3 aromatic carbocycles. The first-order valence-electron chi connectivity index (χ1n) is 11.1. The van der Waals surface area contributed by atoms with Crippen LogP contribution in [0.15, 0.2) is 103 Å². The fourth-order valence-electron chi connectivity index (χ4n) is 4.24. The van der Waals surface area contributed by atoms with Crippen LogP contribution in [-0.4, -0.2) is 22.1 Å². The third kappa shape index (κ3) is 4.06. The molecular formula is C28H25N3O3. The molecule has 1 aliphatic heterocycles. The lowest BCUT2D eigenvalue weighted by atomic mass is 9.95. The van der Waals surface area contributed by atoms with Crippen molar-refractivity contribution < 1.29 is 14.3 Å². The van der Waals surface area contributed by atoms with E-state index in [0.29, 0.717) is 23.8 Å². The van der Waals surface area contributed by atoms with Crippen LogP contribution in [0.4, 0.5) is 5.95 Å². The third-order valence-corrected chi connectivity index (χ3v) is 5.83. The van der Waals surface area contributed by atoms with Crippen molar-refractivity contribution in [3.8, 4) is 5.75 Å². The Morgan fingerprint density at radius 1 is 1.06 bits per heavy atom. The number of benzene rings is 3. The number of carbonyl (C=O) groups is 1. The van der Waals surface area contributed by atoms with E-state index in [9.17, 15) is 4.79 Å². The van der Waals surface area contributed by atoms with E-state index in [1.54, 1.807) is 6.08 Å². The van der Waals surface area contributed by atoms with Crippen LogP contribution in [-0.2, 0) is 16.1 Å². The smallest absolute Gasteiger partial charge is 0.338 e. The van der Waals surface area contributed by atoms with Crippen molar-refractivity contribution in [3.05, 3.63) is 114 Å². The van der Waals surface area contributed by atoms with Crippen LogP contribution < -0.4 is 10.1 Å². The highest BCUT2D eigenvalue weighted by atomic mass is 16.5. The van der Waals surface area contributed by atoms with Crippen molar-refractivity contribution in [2.24, 2.45) is 0 Å². The quantitative estimate of drug-likeness (QED) is 0.291. The molecule has 0 saturated heterocycles. The number of carbonyl (C=O) groups excluding carboxylic acids is 1. The predicted octanol–water partition coefficient (Wildman–Crippen LogP) is 5.63. The van der Waals surface area contributed by atoms with Gasteiger partial charge in [0.15, 0.2) is 0 Å². The van der Waals surface area contributed by atoms with Crippen molar-refractivity contribution in [1.29, 1.82) is 0 Å². The molecule has 1 atom stereocenters. The summed E-state index contributed by atoms with van der Waals surface area (Å²) in [6.45, 7) is 6.16. The average molecular weight is 452 g/mol. The topological polar surface area (TPSA) is 65.4 Å². The number of ether oxygens (including phenoxy) is 2. The highest BCUT2D eigenvalue weighted by Crippen LogP contribution is 2.39. The maximum absolute atomic E-state index is 13.1. The standard InChI is InChI=1S/C28H25N3O3/c1-3-17-33-27(32)25-19(2)29-28-30-23-11-7-8-12-24(23)31(28)26(25)21-13-15-22(16-14-21)34-18-20-9-5-4-6-10-20/h3-16,26H,1,17-18H2,2H3,(H,29,30)/t26-/m1/s1. The Morgan fingerprint density at radius 2 is 1.79 bits per heavy atom. The third-order valence-electron chi connectivity index (χ3n) is 5.83. The lowest BCUT2D eigenvalue weighted by Crippen LogP contribution is -2.29. The Labute approximate surface area is 198 Å². The zero-order valence-electron chi connectivity index (χ0n) is 18.9. The molecule has 1 N–H and O–H groups in total. The minimum absolute atomic E-state index is 0.145. The summed E-state index contributed by atoms with van der Waals surface area (Å²) in [5.74, 6) is 1.06. The zero-order valence-corrected chi connectivity index (χ0v) is 18.9. The molecule has 0 bridgehead atoms. The first-order chi connectivity index (χ1) is 16.7. The van der Waals surface area contributed by atoms with E-state index in [-0.39, 0.29) is 12.6 Å². The van der Waals surface area contributed by atoms with Gasteiger partial charge in [0.05, 0.1) is 22.6 Å². The molecule has 0 saturated carbocycles. The van der Waals surface area contributed by atoms with Crippen LogP contribution in [0.3, 0.4) is 0 Å². The van der Waals surface area contributed by atoms with Crippen LogP contribution in [0.25, 0.3) is 11.0 Å². The summed E-state index contributed by atoms with van der Waals surface area (Å²) in [5, 5.41) is 3.29. The number of anilines is 1. The van der Waals surface area contributed by atoms with E-state index in [1.165, 1.54) is 0 Å². The lowest BCUT2D eigenvalue weighted by Gasteiger charge is -2.30. The molecule has 0 unspecified atom stereocenters. The van der Waals surface area contributed by atoms with Gasteiger partial charge in [-0.1, -0.05) is 67.3 Å². The van der Waals surface area contributed by atoms with Crippen LogP contribution in [0.5, 0.6) is 5.75 Å². The molecular weight excluding hydrogens is 426 g/mol. The number of hydrogen-bond donors (Lipinski definition) is 1. The molecule has 1 aromatic heterocycles. The van der Waals surface area contributed by atoms with Crippen molar-refractivity contribution in [3.63, 3.8) is 0 Å². The summed E-state index contributed by atoms with van der Waals surface area (Å²) in [4.78, 5) is 17.9. The zero-order chi connectivity index (χ0) is 23.5. The van der Waals surface area contributed by atoms with Gasteiger partial charge < -0.3 is 14.8 Å². The van der Waals surface area contributed by atoms with Gasteiger partial charge in [0.25, 0.3) is 0 Å². The summed E-state index contributed by atoms with van der Waals surface area (Å²) < 4.78 is 13.5. The first-order valence-corrected chi connectivity index (χ1v) is 11.1. The van der Waals surface area contributed by atoms with E-state index < -0.39 is 6.04 Å². The average Bonchev–Trinajstić information content (AvgIpc) is 3.24. The van der Waals surface area contributed by atoms with Crippen molar-refractivity contribution >= 4 is 23.0 Å². The van der Waals surface area contributed by atoms with Gasteiger partial charge in [-0.05, 0) is 42.3 Å². The summed E-state index contributed by atoms with van der Waals surface area (Å²) in [7, 11) is 0. The highest BCUT2D eigenvalue weighted by molar-refractivity contribution is 5.94. The minimum atomic E-state index is -0.399. The molecule has 0 amide bonds. The van der Waals surface area contributed by atoms with Gasteiger partial charge >= 0.3 is 5.97 Å². The number of nitrogens with zero attached hydrogens (tertiary/aromatic N) is 2. The van der Waals surface area contributed by atoms with Gasteiger partial charge in [0.2, 0.25) is 5.95 Å². The van der Waals surface area contributed by atoms with E-state index in [4.69, 9.17) is 14.5 Å². The molecule has 0 fully saturated rings. The molecule has 2 heterocycles. The Balaban J connectivity index is 1.52. The second kappa shape index (κ2) is 9.27. The van der Waals surface area contributed by atoms with Gasteiger partial charge in [-0.3, -0.25) is 4.57 Å². The monoisotopic (exact) mass is 451 g/mol. The molecule has 170 valence electrons. The van der Waals surface area contributed by atoms with E-state index >= 15 is 0 Å². The van der Waals surface area contributed by atoms with Crippen LogP contribution >= 0.6 is 0 Å². The number of esters is 1. The van der Waals surface area contributed by atoms with E-state index in [0.717, 1.165) is 27.9 Å². The number of hydrogen-bond acceptors (Lipinski definition) is 5. The minimum Gasteiger partial charge on any atom is -0.489 e. The second-order valence-electron chi connectivity index (χ2n) is 8.09. The van der Waals surface area contributed by atoms with Gasteiger partial charge in [0.1, 0.15) is 19.0 Å². The SMILES string of the molecule is C=CCOC(=O)C1=C(C)Nc2nc3ccccc3n2[C@@H]1c1ccc(OCc2ccccc2)cc1. The molecule has 4 aromatic rings. The second-order valence-corrected chi connectivity index (χ2v) is 8.09. The van der Waals surface area contributed by atoms with Gasteiger partial charge in [0, 0.05) is 5.70 Å². The fourth-order valence-corrected chi connectivity index (χ4v) is 4.24.